The van der Waals surface area contributed by atoms with Gasteiger partial charge in [-0.05, 0) is 26.7 Å². The zero-order valence-electron chi connectivity index (χ0n) is 10.4. The topological polar surface area (TPSA) is 50.4 Å². The van der Waals surface area contributed by atoms with Crippen molar-refractivity contribution >= 4 is 5.91 Å². The average molecular weight is 216 g/mol. The molecule has 0 rings (SSSR count). The Morgan fingerprint density at radius 3 is 2.60 bits per heavy atom. The van der Waals surface area contributed by atoms with E-state index in [-0.39, 0.29) is 11.4 Å². The SMILES string of the molecule is CCC(C)(C)NCC(=O)NCCCOC. The second-order valence-corrected chi connectivity index (χ2v) is 4.29. The van der Waals surface area contributed by atoms with E-state index in [9.17, 15) is 4.79 Å². The maximum absolute atomic E-state index is 11.4. The summed E-state index contributed by atoms with van der Waals surface area (Å²) < 4.78 is 4.89. The number of carbonyl (C=O) groups excluding carboxylic acids is 1. The third-order valence-corrected chi connectivity index (χ3v) is 2.46. The van der Waals surface area contributed by atoms with Gasteiger partial charge in [-0.3, -0.25) is 4.79 Å². The van der Waals surface area contributed by atoms with Gasteiger partial charge in [0.05, 0.1) is 6.54 Å². The molecule has 0 atom stereocenters. The van der Waals surface area contributed by atoms with Gasteiger partial charge in [-0.25, -0.2) is 0 Å². The highest BCUT2D eigenvalue weighted by atomic mass is 16.5. The number of ether oxygens (including phenoxy) is 1. The molecule has 0 bridgehead atoms. The van der Waals surface area contributed by atoms with Crippen molar-refractivity contribution in [1.82, 2.24) is 10.6 Å². The molecule has 0 aliphatic rings. The summed E-state index contributed by atoms with van der Waals surface area (Å²) >= 11 is 0. The van der Waals surface area contributed by atoms with E-state index in [0.717, 1.165) is 12.8 Å². The van der Waals surface area contributed by atoms with Crippen molar-refractivity contribution in [2.45, 2.75) is 39.2 Å². The Morgan fingerprint density at radius 2 is 2.07 bits per heavy atom. The molecule has 0 radical (unpaired) electrons. The van der Waals surface area contributed by atoms with Crippen LogP contribution in [-0.2, 0) is 9.53 Å². The first-order valence-corrected chi connectivity index (χ1v) is 5.52. The predicted octanol–water partition coefficient (Wildman–Crippen LogP) is 0.917. The fourth-order valence-corrected chi connectivity index (χ4v) is 0.951. The van der Waals surface area contributed by atoms with E-state index in [2.05, 4.69) is 31.4 Å². The second kappa shape index (κ2) is 7.65. The molecule has 0 aromatic heterocycles. The van der Waals surface area contributed by atoms with E-state index in [1.54, 1.807) is 7.11 Å². The normalized spacial score (nSPS) is 11.5. The van der Waals surface area contributed by atoms with Gasteiger partial charge in [0.1, 0.15) is 0 Å². The molecule has 0 spiro atoms. The maximum Gasteiger partial charge on any atom is 0.233 e. The molecule has 0 aromatic carbocycles. The minimum absolute atomic E-state index is 0.0316. The minimum Gasteiger partial charge on any atom is -0.385 e. The Balaban J connectivity index is 3.49. The molecule has 0 saturated carbocycles. The lowest BCUT2D eigenvalue weighted by Gasteiger charge is -2.24. The molecule has 2 N–H and O–H groups in total. The van der Waals surface area contributed by atoms with E-state index >= 15 is 0 Å². The highest BCUT2D eigenvalue weighted by Gasteiger charge is 2.14. The van der Waals surface area contributed by atoms with Gasteiger partial charge in [-0.2, -0.15) is 0 Å². The Hall–Kier alpha value is -0.610. The number of hydrogen-bond acceptors (Lipinski definition) is 3. The van der Waals surface area contributed by atoms with Crippen molar-refractivity contribution in [2.24, 2.45) is 0 Å². The molecule has 0 aromatic rings. The van der Waals surface area contributed by atoms with Crippen molar-refractivity contribution < 1.29 is 9.53 Å². The van der Waals surface area contributed by atoms with Crippen LogP contribution >= 0.6 is 0 Å². The second-order valence-electron chi connectivity index (χ2n) is 4.29. The summed E-state index contributed by atoms with van der Waals surface area (Å²) in [5, 5.41) is 6.04. The minimum atomic E-state index is 0.0316. The molecule has 0 unspecified atom stereocenters. The molecule has 0 aliphatic carbocycles. The lowest BCUT2D eigenvalue weighted by molar-refractivity contribution is -0.120. The van der Waals surface area contributed by atoms with Gasteiger partial charge in [-0.15, -0.1) is 0 Å². The van der Waals surface area contributed by atoms with E-state index in [1.165, 1.54) is 0 Å². The fraction of sp³-hybridized carbons (Fsp3) is 0.909. The third kappa shape index (κ3) is 8.39. The summed E-state index contributed by atoms with van der Waals surface area (Å²) in [5.74, 6) is 0.0487. The monoisotopic (exact) mass is 216 g/mol. The van der Waals surface area contributed by atoms with Gasteiger partial charge in [0.2, 0.25) is 5.91 Å². The molecule has 0 heterocycles. The van der Waals surface area contributed by atoms with Crippen molar-refractivity contribution in [3.8, 4) is 0 Å². The smallest absolute Gasteiger partial charge is 0.233 e. The zero-order valence-corrected chi connectivity index (χ0v) is 10.4. The first-order valence-electron chi connectivity index (χ1n) is 5.52. The van der Waals surface area contributed by atoms with Crippen LogP contribution in [0.3, 0.4) is 0 Å². The van der Waals surface area contributed by atoms with Gasteiger partial charge in [-0.1, -0.05) is 6.92 Å². The summed E-state index contributed by atoms with van der Waals surface area (Å²) in [5.41, 5.74) is 0.0316. The van der Waals surface area contributed by atoms with Crippen LogP contribution in [0.5, 0.6) is 0 Å². The molecule has 4 nitrogen and oxygen atoms in total. The summed E-state index contributed by atoms with van der Waals surface area (Å²) in [7, 11) is 1.66. The predicted molar refractivity (Wildman–Crippen MR) is 61.9 cm³/mol. The number of rotatable bonds is 8. The van der Waals surface area contributed by atoms with Crippen molar-refractivity contribution in [2.75, 3.05) is 26.8 Å². The third-order valence-electron chi connectivity index (χ3n) is 2.46. The number of hydrogen-bond donors (Lipinski definition) is 2. The van der Waals surface area contributed by atoms with Gasteiger partial charge >= 0.3 is 0 Å². The first-order chi connectivity index (χ1) is 7.02. The van der Waals surface area contributed by atoms with Gasteiger partial charge < -0.3 is 15.4 Å². The molecule has 0 fully saturated rings. The van der Waals surface area contributed by atoms with Crippen molar-refractivity contribution in [1.29, 1.82) is 0 Å². The lowest BCUT2D eigenvalue weighted by Crippen LogP contribution is -2.45. The molecule has 90 valence electrons. The standard InChI is InChI=1S/C11H24N2O2/c1-5-11(2,3)13-9-10(14)12-7-6-8-15-4/h13H,5-9H2,1-4H3,(H,12,14). The Bertz CT molecular complexity index is 181. The van der Waals surface area contributed by atoms with Crippen LogP contribution < -0.4 is 10.6 Å². The average Bonchev–Trinajstić information content (AvgIpc) is 2.22. The Labute approximate surface area is 92.8 Å². The Morgan fingerprint density at radius 1 is 1.40 bits per heavy atom. The molecular formula is C11H24N2O2. The van der Waals surface area contributed by atoms with Gasteiger partial charge in [0.25, 0.3) is 0 Å². The van der Waals surface area contributed by atoms with E-state index in [4.69, 9.17) is 4.74 Å². The van der Waals surface area contributed by atoms with Crippen molar-refractivity contribution in [3.05, 3.63) is 0 Å². The lowest BCUT2D eigenvalue weighted by atomic mass is 10.0. The van der Waals surface area contributed by atoms with Crippen LogP contribution in [0.4, 0.5) is 0 Å². The van der Waals surface area contributed by atoms with Gasteiger partial charge in [0.15, 0.2) is 0 Å². The van der Waals surface area contributed by atoms with Crippen LogP contribution in [0.2, 0.25) is 0 Å². The quantitative estimate of drug-likeness (QED) is 0.593. The van der Waals surface area contributed by atoms with Crippen LogP contribution in [0.15, 0.2) is 0 Å². The number of methoxy groups -OCH3 is 1. The summed E-state index contributed by atoms with van der Waals surface area (Å²) in [4.78, 5) is 11.4. The van der Waals surface area contributed by atoms with Crippen LogP contribution in [0.25, 0.3) is 0 Å². The zero-order chi connectivity index (χ0) is 11.7. The van der Waals surface area contributed by atoms with Crippen molar-refractivity contribution in [3.63, 3.8) is 0 Å². The van der Waals surface area contributed by atoms with Crippen LogP contribution in [0, 0.1) is 0 Å². The molecule has 4 heteroatoms. The molecule has 0 saturated heterocycles. The van der Waals surface area contributed by atoms with Gasteiger partial charge in [0, 0.05) is 25.8 Å². The molecular weight excluding hydrogens is 192 g/mol. The summed E-state index contributed by atoms with van der Waals surface area (Å²) in [6.07, 6.45) is 1.86. The highest BCUT2D eigenvalue weighted by Crippen LogP contribution is 2.05. The van der Waals surface area contributed by atoms with Crippen LogP contribution in [0.1, 0.15) is 33.6 Å². The number of carbonyl (C=O) groups is 1. The van der Waals surface area contributed by atoms with E-state index in [1.807, 2.05) is 0 Å². The highest BCUT2D eigenvalue weighted by molar-refractivity contribution is 5.78. The van der Waals surface area contributed by atoms with E-state index in [0.29, 0.717) is 19.7 Å². The first kappa shape index (κ1) is 14.4. The maximum atomic E-state index is 11.4. The summed E-state index contributed by atoms with van der Waals surface area (Å²) in [6, 6.07) is 0. The largest absolute Gasteiger partial charge is 0.385 e. The summed E-state index contributed by atoms with van der Waals surface area (Å²) in [6.45, 7) is 8.03. The molecule has 15 heavy (non-hydrogen) atoms. The number of nitrogens with one attached hydrogen (secondary N) is 2. The van der Waals surface area contributed by atoms with Crippen LogP contribution in [-0.4, -0.2) is 38.3 Å². The van der Waals surface area contributed by atoms with E-state index < -0.39 is 0 Å². The molecule has 1 amide bonds. The molecule has 0 aliphatic heterocycles. The Kier molecular flexibility index (Phi) is 7.34. The number of amides is 1. The fourth-order valence-electron chi connectivity index (χ4n) is 0.951.